The highest BCUT2D eigenvalue weighted by Gasteiger charge is 2.29. The van der Waals surface area contributed by atoms with Crippen molar-refractivity contribution in [3.8, 4) is 0 Å². The van der Waals surface area contributed by atoms with E-state index in [1.165, 1.54) is 7.05 Å². The van der Waals surface area contributed by atoms with Crippen molar-refractivity contribution in [1.29, 1.82) is 0 Å². The first-order valence-electron chi connectivity index (χ1n) is 4.78. The highest BCUT2D eigenvalue weighted by Crippen LogP contribution is 2.10. The zero-order valence-corrected chi connectivity index (χ0v) is 9.02. The third-order valence-electron chi connectivity index (χ3n) is 2.40. The Hall–Kier alpha value is -1.10. The summed E-state index contributed by atoms with van der Waals surface area (Å²) in [5.74, 6) is -0.501. The molecular weight excluding hydrogens is 182 g/mol. The SMILES string of the molecule is CCC(N)(CC)C(=O)NCC(=O)NC. The van der Waals surface area contributed by atoms with Gasteiger partial charge < -0.3 is 16.4 Å². The van der Waals surface area contributed by atoms with Gasteiger partial charge in [0.1, 0.15) is 0 Å². The van der Waals surface area contributed by atoms with Crippen molar-refractivity contribution in [2.24, 2.45) is 5.73 Å². The number of hydrogen-bond donors (Lipinski definition) is 3. The third kappa shape index (κ3) is 3.33. The molecule has 0 radical (unpaired) electrons. The Labute approximate surface area is 84.4 Å². The highest BCUT2D eigenvalue weighted by atomic mass is 16.2. The second-order valence-corrected chi connectivity index (χ2v) is 3.22. The van der Waals surface area contributed by atoms with Gasteiger partial charge in [-0.15, -0.1) is 0 Å². The Balaban J connectivity index is 4.13. The number of amides is 2. The van der Waals surface area contributed by atoms with E-state index in [1.807, 2.05) is 13.8 Å². The quantitative estimate of drug-likeness (QED) is 0.553. The molecule has 5 heteroatoms. The van der Waals surface area contributed by atoms with Crippen LogP contribution in [-0.4, -0.2) is 30.9 Å². The molecule has 0 aromatic rings. The van der Waals surface area contributed by atoms with Crippen LogP contribution in [0.5, 0.6) is 0 Å². The molecule has 0 heterocycles. The summed E-state index contributed by atoms with van der Waals surface area (Å²) >= 11 is 0. The summed E-state index contributed by atoms with van der Waals surface area (Å²) in [7, 11) is 1.52. The Bertz CT molecular complexity index is 212. The van der Waals surface area contributed by atoms with E-state index < -0.39 is 5.54 Å². The van der Waals surface area contributed by atoms with Crippen LogP contribution < -0.4 is 16.4 Å². The van der Waals surface area contributed by atoms with E-state index in [2.05, 4.69) is 10.6 Å². The van der Waals surface area contributed by atoms with Crippen molar-refractivity contribution in [3.05, 3.63) is 0 Å². The molecule has 14 heavy (non-hydrogen) atoms. The topological polar surface area (TPSA) is 84.2 Å². The minimum absolute atomic E-state index is 0.0196. The van der Waals surface area contributed by atoms with E-state index in [-0.39, 0.29) is 18.4 Å². The van der Waals surface area contributed by atoms with Crippen LogP contribution in [0.25, 0.3) is 0 Å². The van der Waals surface area contributed by atoms with E-state index in [1.54, 1.807) is 0 Å². The zero-order valence-electron chi connectivity index (χ0n) is 9.02. The molecule has 0 aliphatic heterocycles. The van der Waals surface area contributed by atoms with Crippen LogP contribution in [0.4, 0.5) is 0 Å². The van der Waals surface area contributed by atoms with Gasteiger partial charge in [0.05, 0.1) is 12.1 Å². The fraction of sp³-hybridized carbons (Fsp3) is 0.778. The van der Waals surface area contributed by atoms with Crippen molar-refractivity contribution in [3.63, 3.8) is 0 Å². The van der Waals surface area contributed by atoms with Gasteiger partial charge in [-0.05, 0) is 12.8 Å². The molecule has 0 rings (SSSR count). The van der Waals surface area contributed by atoms with Gasteiger partial charge in [0, 0.05) is 7.05 Å². The second-order valence-electron chi connectivity index (χ2n) is 3.22. The third-order valence-corrected chi connectivity index (χ3v) is 2.40. The molecule has 0 aromatic carbocycles. The smallest absolute Gasteiger partial charge is 0.240 e. The van der Waals surface area contributed by atoms with E-state index in [9.17, 15) is 9.59 Å². The fourth-order valence-corrected chi connectivity index (χ4v) is 0.996. The molecule has 4 N–H and O–H groups in total. The summed E-state index contributed by atoms with van der Waals surface area (Å²) in [5.41, 5.74) is 4.97. The van der Waals surface area contributed by atoms with Gasteiger partial charge in [-0.1, -0.05) is 13.8 Å². The van der Waals surface area contributed by atoms with Crippen LogP contribution in [0.2, 0.25) is 0 Å². The van der Waals surface area contributed by atoms with Crippen LogP contribution >= 0.6 is 0 Å². The van der Waals surface area contributed by atoms with E-state index >= 15 is 0 Å². The van der Waals surface area contributed by atoms with Crippen molar-refractivity contribution in [2.45, 2.75) is 32.2 Å². The van der Waals surface area contributed by atoms with Gasteiger partial charge in [-0.2, -0.15) is 0 Å². The predicted octanol–water partition coefficient (Wildman–Crippen LogP) is -0.634. The molecule has 0 saturated carbocycles. The Kier molecular flexibility index (Phi) is 5.15. The van der Waals surface area contributed by atoms with Crippen molar-refractivity contribution in [1.82, 2.24) is 10.6 Å². The molecule has 82 valence electrons. The lowest BCUT2D eigenvalue weighted by atomic mass is 9.93. The van der Waals surface area contributed by atoms with Crippen molar-refractivity contribution >= 4 is 11.8 Å². The highest BCUT2D eigenvalue weighted by molar-refractivity contribution is 5.89. The first-order valence-corrected chi connectivity index (χ1v) is 4.78. The number of nitrogens with one attached hydrogen (secondary N) is 2. The van der Waals surface area contributed by atoms with Gasteiger partial charge >= 0.3 is 0 Å². The maximum absolute atomic E-state index is 11.5. The monoisotopic (exact) mass is 201 g/mol. The van der Waals surface area contributed by atoms with E-state index in [0.717, 1.165) is 0 Å². The van der Waals surface area contributed by atoms with Gasteiger partial charge in [0.25, 0.3) is 0 Å². The minimum atomic E-state index is -0.853. The number of hydrogen-bond acceptors (Lipinski definition) is 3. The summed E-state index contributed by atoms with van der Waals surface area (Å²) in [4.78, 5) is 22.4. The maximum atomic E-state index is 11.5. The van der Waals surface area contributed by atoms with Crippen LogP contribution in [0.1, 0.15) is 26.7 Å². The summed E-state index contributed by atoms with van der Waals surface area (Å²) < 4.78 is 0. The largest absolute Gasteiger partial charge is 0.358 e. The molecule has 0 aromatic heterocycles. The first-order chi connectivity index (χ1) is 6.50. The van der Waals surface area contributed by atoms with E-state index in [0.29, 0.717) is 12.8 Å². The van der Waals surface area contributed by atoms with Crippen LogP contribution in [0.15, 0.2) is 0 Å². The van der Waals surface area contributed by atoms with Crippen LogP contribution in [-0.2, 0) is 9.59 Å². The lowest BCUT2D eigenvalue weighted by molar-refractivity contribution is -0.129. The first kappa shape index (κ1) is 12.9. The molecule has 5 nitrogen and oxygen atoms in total. The number of nitrogens with two attached hydrogens (primary N) is 1. The van der Waals surface area contributed by atoms with Gasteiger partial charge in [0.2, 0.25) is 11.8 Å². The number of rotatable bonds is 5. The maximum Gasteiger partial charge on any atom is 0.240 e. The van der Waals surface area contributed by atoms with Crippen LogP contribution in [0, 0.1) is 0 Å². The van der Waals surface area contributed by atoms with Crippen molar-refractivity contribution in [2.75, 3.05) is 13.6 Å². The minimum Gasteiger partial charge on any atom is -0.358 e. The lowest BCUT2D eigenvalue weighted by Crippen LogP contribution is -2.54. The fourth-order valence-electron chi connectivity index (χ4n) is 0.996. The summed E-state index contributed by atoms with van der Waals surface area (Å²) in [6, 6.07) is 0. The Morgan fingerprint density at radius 3 is 2.14 bits per heavy atom. The molecule has 0 bridgehead atoms. The van der Waals surface area contributed by atoms with Crippen molar-refractivity contribution < 1.29 is 9.59 Å². The summed E-state index contributed by atoms with van der Waals surface area (Å²) in [6.07, 6.45) is 1.12. The number of carbonyl (C=O) groups excluding carboxylic acids is 2. The van der Waals surface area contributed by atoms with E-state index in [4.69, 9.17) is 5.73 Å². The molecule has 0 saturated heterocycles. The zero-order chi connectivity index (χ0) is 11.2. The molecule has 0 atom stereocenters. The molecule has 2 amide bonds. The molecule has 0 spiro atoms. The summed E-state index contributed by atoms with van der Waals surface area (Å²) in [6.45, 7) is 3.68. The number of carbonyl (C=O) groups is 2. The average molecular weight is 201 g/mol. The molecule has 0 fully saturated rings. The Morgan fingerprint density at radius 1 is 1.29 bits per heavy atom. The average Bonchev–Trinajstić information content (AvgIpc) is 2.23. The standard InChI is InChI=1S/C9H19N3O2/c1-4-9(10,5-2)8(14)12-6-7(13)11-3/h4-6,10H2,1-3H3,(H,11,13)(H,12,14). The molecule has 0 aliphatic carbocycles. The summed E-state index contributed by atoms with van der Waals surface area (Å²) in [5, 5.41) is 4.91. The van der Waals surface area contributed by atoms with Gasteiger partial charge in [0.15, 0.2) is 0 Å². The molecule has 0 aliphatic rings. The predicted molar refractivity (Wildman–Crippen MR) is 54.6 cm³/mol. The Morgan fingerprint density at radius 2 is 1.79 bits per heavy atom. The molecule has 0 unspecified atom stereocenters. The van der Waals surface area contributed by atoms with Gasteiger partial charge in [-0.3, -0.25) is 9.59 Å². The van der Waals surface area contributed by atoms with Gasteiger partial charge in [-0.25, -0.2) is 0 Å². The second kappa shape index (κ2) is 5.59. The number of likely N-dealkylation sites (N-methyl/N-ethyl adjacent to an activating group) is 1. The normalized spacial score (nSPS) is 10.9. The van der Waals surface area contributed by atoms with Crippen LogP contribution in [0.3, 0.4) is 0 Å². The lowest BCUT2D eigenvalue weighted by Gasteiger charge is -2.24. The molecular formula is C9H19N3O2.